The van der Waals surface area contributed by atoms with Crippen LogP contribution in [-0.2, 0) is 20.0 Å². The van der Waals surface area contributed by atoms with Crippen LogP contribution in [0.4, 0.5) is 0 Å². The average molecular weight is 432 g/mol. The Morgan fingerprint density at radius 1 is 1.39 bits per heavy atom. The fourth-order valence-corrected chi connectivity index (χ4v) is 2.07. The summed E-state index contributed by atoms with van der Waals surface area (Å²) in [4.78, 5) is 8.69. The molecule has 2 aromatic heterocycles. The van der Waals surface area contributed by atoms with Gasteiger partial charge in [-0.3, -0.25) is 9.78 Å². The lowest BCUT2D eigenvalue weighted by Crippen LogP contribution is -2.38. The van der Waals surface area contributed by atoms with Crippen LogP contribution in [0.1, 0.15) is 30.4 Å². The predicted molar refractivity (Wildman–Crippen MR) is 101 cm³/mol. The lowest BCUT2D eigenvalue weighted by molar-refractivity contribution is 0.694. The minimum atomic E-state index is 0. The second-order valence-corrected chi connectivity index (χ2v) is 5.05. The van der Waals surface area contributed by atoms with E-state index in [1.54, 1.807) is 11.0 Å². The van der Waals surface area contributed by atoms with Gasteiger partial charge in [-0.1, -0.05) is 0 Å². The molecule has 2 rings (SSSR count). The number of aliphatic imine (C=N–C) groups is 1. The van der Waals surface area contributed by atoms with E-state index in [1.165, 1.54) is 5.56 Å². The maximum atomic E-state index is 4.52. The van der Waals surface area contributed by atoms with Gasteiger partial charge in [0.05, 0.1) is 6.20 Å². The number of nitrogens with one attached hydrogen (secondary N) is 3. The maximum Gasteiger partial charge on any atom is 0.191 e. The van der Waals surface area contributed by atoms with Crippen molar-refractivity contribution in [2.45, 2.75) is 33.2 Å². The standard InChI is InChI=1S/C14H24N8.HI/c1-4-15-14(17-9-13-18-10-20-22(13)3)16-7-5-6-12-8-19-21-11(12)2;/h8,10H,4-7,9H2,1-3H3,(H,19,21)(H2,15,16,17);1H. The minimum absolute atomic E-state index is 0. The molecular formula is C14H25IN8. The van der Waals surface area contributed by atoms with Crippen LogP contribution in [0.25, 0.3) is 0 Å². The summed E-state index contributed by atoms with van der Waals surface area (Å²) in [6.45, 7) is 6.28. The van der Waals surface area contributed by atoms with Crippen molar-refractivity contribution in [3.63, 3.8) is 0 Å². The SMILES string of the molecule is CCNC(=NCc1ncnn1C)NCCCc1cn[nH]c1C.I. The van der Waals surface area contributed by atoms with E-state index in [9.17, 15) is 0 Å². The average Bonchev–Trinajstić information content (AvgIpc) is 3.09. The third kappa shape index (κ3) is 6.16. The van der Waals surface area contributed by atoms with Crippen LogP contribution in [-0.4, -0.2) is 44.0 Å². The van der Waals surface area contributed by atoms with Gasteiger partial charge in [0.2, 0.25) is 0 Å². The number of rotatable bonds is 7. The lowest BCUT2D eigenvalue weighted by Gasteiger charge is -2.11. The van der Waals surface area contributed by atoms with Crippen molar-refractivity contribution < 1.29 is 0 Å². The number of hydrogen-bond acceptors (Lipinski definition) is 4. The second kappa shape index (κ2) is 10.2. The number of aromatic amines is 1. The molecule has 0 fully saturated rings. The third-order valence-corrected chi connectivity index (χ3v) is 3.38. The number of halogens is 1. The first-order valence-electron chi connectivity index (χ1n) is 7.54. The van der Waals surface area contributed by atoms with Crippen LogP contribution in [0.15, 0.2) is 17.5 Å². The molecule has 0 saturated heterocycles. The van der Waals surface area contributed by atoms with E-state index >= 15 is 0 Å². The van der Waals surface area contributed by atoms with Crippen LogP contribution >= 0.6 is 24.0 Å². The van der Waals surface area contributed by atoms with E-state index < -0.39 is 0 Å². The quantitative estimate of drug-likeness (QED) is 0.264. The molecular weight excluding hydrogens is 407 g/mol. The molecule has 0 saturated carbocycles. The van der Waals surface area contributed by atoms with Gasteiger partial charge in [0.25, 0.3) is 0 Å². The normalized spacial score (nSPS) is 11.2. The Hall–Kier alpha value is -1.65. The van der Waals surface area contributed by atoms with Crippen molar-refractivity contribution in [1.29, 1.82) is 0 Å². The zero-order valence-corrected chi connectivity index (χ0v) is 16.2. The van der Waals surface area contributed by atoms with Gasteiger partial charge in [-0.15, -0.1) is 24.0 Å². The predicted octanol–water partition coefficient (Wildman–Crippen LogP) is 1.15. The Kier molecular flexibility index (Phi) is 8.59. The summed E-state index contributed by atoms with van der Waals surface area (Å²) in [7, 11) is 1.87. The van der Waals surface area contributed by atoms with Gasteiger partial charge in [0, 0.05) is 25.8 Å². The van der Waals surface area contributed by atoms with Gasteiger partial charge in [-0.25, -0.2) is 9.98 Å². The van der Waals surface area contributed by atoms with E-state index in [-0.39, 0.29) is 24.0 Å². The summed E-state index contributed by atoms with van der Waals surface area (Å²) in [5.41, 5.74) is 2.41. The first-order valence-corrected chi connectivity index (χ1v) is 7.54. The largest absolute Gasteiger partial charge is 0.357 e. The van der Waals surface area contributed by atoms with Crippen LogP contribution in [0.5, 0.6) is 0 Å². The Morgan fingerprint density at radius 2 is 2.22 bits per heavy atom. The molecule has 0 aliphatic heterocycles. The van der Waals surface area contributed by atoms with Crippen molar-refractivity contribution >= 4 is 29.9 Å². The molecule has 128 valence electrons. The maximum absolute atomic E-state index is 4.52. The summed E-state index contributed by atoms with van der Waals surface area (Å²) in [6.07, 6.45) is 5.45. The molecule has 0 unspecified atom stereocenters. The molecule has 8 nitrogen and oxygen atoms in total. The van der Waals surface area contributed by atoms with E-state index in [1.807, 2.05) is 27.1 Å². The van der Waals surface area contributed by atoms with Gasteiger partial charge in [-0.05, 0) is 32.3 Å². The second-order valence-electron chi connectivity index (χ2n) is 5.05. The zero-order valence-electron chi connectivity index (χ0n) is 13.8. The third-order valence-electron chi connectivity index (χ3n) is 3.38. The lowest BCUT2D eigenvalue weighted by atomic mass is 10.1. The highest BCUT2D eigenvalue weighted by atomic mass is 127. The monoisotopic (exact) mass is 432 g/mol. The fraction of sp³-hybridized carbons (Fsp3) is 0.571. The van der Waals surface area contributed by atoms with Crippen molar-refractivity contribution in [3.05, 3.63) is 29.6 Å². The fourth-order valence-electron chi connectivity index (χ4n) is 2.07. The number of aromatic nitrogens is 5. The molecule has 3 N–H and O–H groups in total. The van der Waals surface area contributed by atoms with Crippen molar-refractivity contribution in [3.8, 4) is 0 Å². The number of hydrogen-bond donors (Lipinski definition) is 3. The van der Waals surface area contributed by atoms with E-state index in [0.29, 0.717) is 6.54 Å². The molecule has 0 spiro atoms. The van der Waals surface area contributed by atoms with Gasteiger partial charge in [-0.2, -0.15) is 10.2 Å². The summed E-state index contributed by atoms with van der Waals surface area (Å²) < 4.78 is 1.73. The van der Waals surface area contributed by atoms with Gasteiger partial charge < -0.3 is 10.6 Å². The number of guanidine groups is 1. The van der Waals surface area contributed by atoms with Gasteiger partial charge in [0.1, 0.15) is 18.7 Å². The molecule has 23 heavy (non-hydrogen) atoms. The molecule has 0 atom stereocenters. The number of aryl methyl sites for hydroxylation is 3. The van der Waals surface area contributed by atoms with E-state index in [2.05, 4.69) is 35.9 Å². The van der Waals surface area contributed by atoms with E-state index in [4.69, 9.17) is 0 Å². The van der Waals surface area contributed by atoms with Crippen LogP contribution in [0, 0.1) is 6.92 Å². The first kappa shape index (κ1) is 19.4. The number of H-pyrrole nitrogens is 1. The highest BCUT2D eigenvalue weighted by Crippen LogP contribution is 2.04. The highest BCUT2D eigenvalue weighted by Gasteiger charge is 2.03. The topological polar surface area (TPSA) is 95.8 Å². The van der Waals surface area contributed by atoms with Crippen molar-refractivity contribution in [2.24, 2.45) is 12.0 Å². The molecule has 0 aliphatic carbocycles. The Bertz CT molecular complexity index is 603. The van der Waals surface area contributed by atoms with Crippen molar-refractivity contribution in [2.75, 3.05) is 13.1 Å². The summed E-state index contributed by atoms with van der Waals surface area (Å²) in [6, 6.07) is 0. The molecule has 0 aromatic carbocycles. The minimum Gasteiger partial charge on any atom is -0.357 e. The van der Waals surface area contributed by atoms with Gasteiger partial charge in [0.15, 0.2) is 5.96 Å². The summed E-state index contributed by atoms with van der Waals surface area (Å²) >= 11 is 0. The number of nitrogens with zero attached hydrogens (tertiary/aromatic N) is 5. The summed E-state index contributed by atoms with van der Waals surface area (Å²) in [5, 5.41) is 17.6. The van der Waals surface area contributed by atoms with Crippen LogP contribution in [0.2, 0.25) is 0 Å². The Balaban J connectivity index is 0.00000264. The molecule has 2 heterocycles. The van der Waals surface area contributed by atoms with E-state index in [0.717, 1.165) is 43.4 Å². The molecule has 0 amide bonds. The molecule has 0 aliphatic rings. The molecule has 0 radical (unpaired) electrons. The zero-order chi connectivity index (χ0) is 15.8. The van der Waals surface area contributed by atoms with Crippen LogP contribution in [0.3, 0.4) is 0 Å². The highest BCUT2D eigenvalue weighted by molar-refractivity contribution is 14.0. The smallest absolute Gasteiger partial charge is 0.191 e. The molecule has 2 aromatic rings. The Labute approximate surface area is 153 Å². The summed E-state index contributed by atoms with van der Waals surface area (Å²) in [5.74, 6) is 1.64. The molecule has 0 bridgehead atoms. The van der Waals surface area contributed by atoms with Crippen LogP contribution < -0.4 is 10.6 Å². The van der Waals surface area contributed by atoms with Crippen molar-refractivity contribution in [1.82, 2.24) is 35.6 Å². The molecule has 9 heteroatoms. The first-order chi connectivity index (χ1) is 10.7. The van der Waals surface area contributed by atoms with Gasteiger partial charge >= 0.3 is 0 Å². The Morgan fingerprint density at radius 3 is 2.83 bits per heavy atom.